The summed E-state index contributed by atoms with van der Waals surface area (Å²) in [4.78, 5) is 2.38. The molecule has 6 nitrogen and oxygen atoms in total. The fourth-order valence-corrected chi connectivity index (χ4v) is 5.20. The van der Waals surface area contributed by atoms with Gasteiger partial charge in [-0.1, -0.05) is 6.07 Å². The second-order valence-electron chi connectivity index (χ2n) is 6.63. The molecule has 8 heteroatoms. The Balaban J connectivity index is 2.22. The average molecular weight is 375 g/mol. The Morgan fingerprint density at radius 3 is 2.12 bits per heavy atom. The molecule has 0 bridgehead atoms. The molecular formula is C16H26N2O4S2. The molecule has 0 N–H and O–H groups in total. The predicted octanol–water partition coefficient (Wildman–Crippen LogP) is 1.58. The number of benzene rings is 1. The highest BCUT2D eigenvalue weighted by atomic mass is 32.2. The van der Waals surface area contributed by atoms with Gasteiger partial charge in [0.25, 0.3) is 0 Å². The summed E-state index contributed by atoms with van der Waals surface area (Å²) in [5.74, 6) is 0. The van der Waals surface area contributed by atoms with E-state index in [1.165, 1.54) is 28.6 Å². The van der Waals surface area contributed by atoms with E-state index in [4.69, 9.17) is 0 Å². The van der Waals surface area contributed by atoms with Gasteiger partial charge < -0.3 is 4.90 Å². The summed E-state index contributed by atoms with van der Waals surface area (Å²) < 4.78 is 50.4. The third kappa shape index (κ3) is 4.17. The van der Waals surface area contributed by atoms with Gasteiger partial charge in [0.05, 0.1) is 9.79 Å². The van der Waals surface area contributed by atoms with Crippen LogP contribution in [0.4, 0.5) is 0 Å². The number of rotatable bonds is 5. The van der Waals surface area contributed by atoms with Gasteiger partial charge in [0.15, 0.2) is 9.84 Å². The summed E-state index contributed by atoms with van der Waals surface area (Å²) >= 11 is 0. The molecule has 24 heavy (non-hydrogen) atoms. The van der Waals surface area contributed by atoms with E-state index in [1.54, 1.807) is 7.05 Å². The predicted molar refractivity (Wildman–Crippen MR) is 94.2 cm³/mol. The van der Waals surface area contributed by atoms with Crippen molar-refractivity contribution in [3.05, 3.63) is 24.3 Å². The Morgan fingerprint density at radius 1 is 1.08 bits per heavy atom. The second kappa shape index (κ2) is 7.11. The zero-order valence-corrected chi connectivity index (χ0v) is 16.3. The topological polar surface area (TPSA) is 74.8 Å². The van der Waals surface area contributed by atoms with E-state index in [0.717, 1.165) is 32.2 Å². The lowest BCUT2D eigenvalue weighted by Gasteiger charge is -2.38. The molecule has 136 valence electrons. The smallest absolute Gasteiger partial charge is 0.243 e. The van der Waals surface area contributed by atoms with Crippen LogP contribution in [0.25, 0.3) is 0 Å². The minimum atomic E-state index is -3.71. The zero-order valence-electron chi connectivity index (χ0n) is 14.6. The molecule has 1 heterocycles. The first-order valence-corrected chi connectivity index (χ1v) is 11.4. The highest BCUT2D eigenvalue weighted by molar-refractivity contribution is 7.91. The summed E-state index contributed by atoms with van der Waals surface area (Å²) in [5, 5.41) is 0. The van der Waals surface area contributed by atoms with Crippen LogP contribution < -0.4 is 0 Å². The molecule has 1 aromatic carbocycles. The van der Waals surface area contributed by atoms with Crippen LogP contribution in [0.2, 0.25) is 0 Å². The van der Waals surface area contributed by atoms with E-state index in [0.29, 0.717) is 6.04 Å². The maximum absolute atomic E-state index is 12.8. The van der Waals surface area contributed by atoms with Gasteiger partial charge in [0, 0.05) is 25.4 Å². The largest absolute Gasteiger partial charge is 0.301 e. The van der Waals surface area contributed by atoms with Gasteiger partial charge in [0.2, 0.25) is 10.0 Å². The Labute approximate surface area is 145 Å². The maximum Gasteiger partial charge on any atom is 0.243 e. The standard InChI is InChI=1S/C16H26N2O4S2/c1-13(2)18-10-8-14(9-11-18)17(3)24(21,22)16-7-5-6-15(12-16)23(4,19)20/h5-7,12-14H,8-11H2,1-4H3. The van der Waals surface area contributed by atoms with E-state index < -0.39 is 19.9 Å². The molecule has 0 aliphatic carbocycles. The van der Waals surface area contributed by atoms with E-state index in [1.807, 2.05) is 0 Å². The lowest BCUT2D eigenvalue weighted by molar-refractivity contribution is 0.140. The highest BCUT2D eigenvalue weighted by Crippen LogP contribution is 2.25. The number of hydrogen-bond acceptors (Lipinski definition) is 5. The van der Waals surface area contributed by atoms with Crippen LogP contribution in [0.3, 0.4) is 0 Å². The average Bonchev–Trinajstić information content (AvgIpc) is 2.53. The van der Waals surface area contributed by atoms with Crippen LogP contribution in [0, 0.1) is 0 Å². The number of sulfonamides is 1. The maximum atomic E-state index is 12.8. The van der Waals surface area contributed by atoms with Crippen LogP contribution >= 0.6 is 0 Å². The van der Waals surface area contributed by atoms with Crippen molar-refractivity contribution in [2.75, 3.05) is 26.4 Å². The molecule has 1 aliphatic heterocycles. The van der Waals surface area contributed by atoms with Crippen molar-refractivity contribution in [1.29, 1.82) is 0 Å². The molecule has 0 aromatic heterocycles. The first-order valence-electron chi connectivity index (χ1n) is 8.05. The summed E-state index contributed by atoms with van der Waals surface area (Å²) in [6.07, 6.45) is 2.63. The third-order valence-corrected chi connectivity index (χ3v) is 7.67. The van der Waals surface area contributed by atoms with Crippen molar-refractivity contribution >= 4 is 19.9 Å². The van der Waals surface area contributed by atoms with Crippen LogP contribution in [-0.2, 0) is 19.9 Å². The first-order chi connectivity index (χ1) is 11.0. The number of nitrogens with zero attached hydrogens (tertiary/aromatic N) is 2. The molecule has 0 spiro atoms. The summed E-state index contributed by atoms with van der Waals surface area (Å²) in [7, 11) is -5.57. The van der Waals surface area contributed by atoms with Crippen LogP contribution in [0.1, 0.15) is 26.7 Å². The Kier molecular flexibility index (Phi) is 5.74. The summed E-state index contributed by atoms with van der Waals surface area (Å²) in [6.45, 7) is 6.01. The van der Waals surface area contributed by atoms with Gasteiger partial charge in [-0.3, -0.25) is 0 Å². The SMILES string of the molecule is CC(C)N1CCC(N(C)S(=O)(=O)c2cccc(S(C)(=O)=O)c2)CC1. The van der Waals surface area contributed by atoms with Crippen molar-refractivity contribution < 1.29 is 16.8 Å². The molecule has 2 rings (SSSR count). The van der Waals surface area contributed by atoms with Crippen LogP contribution in [-0.4, -0.2) is 64.5 Å². The molecular weight excluding hydrogens is 348 g/mol. The molecule has 1 aromatic rings. The monoisotopic (exact) mass is 374 g/mol. The van der Waals surface area contributed by atoms with Crippen molar-refractivity contribution in [1.82, 2.24) is 9.21 Å². The van der Waals surface area contributed by atoms with Crippen LogP contribution in [0.5, 0.6) is 0 Å². The van der Waals surface area contributed by atoms with E-state index in [2.05, 4.69) is 18.7 Å². The van der Waals surface area contributed by atoms with Crippen molar-refractivity contribution in [3.8, 4) is 0 Å². The van der Waals surface area contributed by atoms with Crippen molar-refractivity contribution in [2.45, 2.75) is 48.6 Å². The molecule has 0 amide bonds. The molecule has 1 aliphatic rings. The fourth-order valence-electron chi connectivity index (χ4n) is 2.99. The minimum absolute atomic E-state index is 0.0200. The zero-order chi connectivity index (χ0) is 18.1. The Morgan fingerprint density at radius 2 is 1.62 bits per heavy atom. The van der Waals surface area contributed by atoms with E-state index >= 15 is 0 Å². The lowest BCUT2D eigenvalue weighted by Crippen LogP contribution is -2.47. The highest BCUT2D eigenvalue weighted by Gasteiger charge is 2.31. The number of likely N-dealkylation sites (tertiary alicyclic amines) is 1. The van der Waals surface area contributed by atoms with Gasteiger partial charge in [-0.15, -0.1) is 0 Å². The van der Waals surface area contributed by atoms with E-state index in [9.17, 15) is 16.8 Å². The lowest BCUT2D eigenvalue weighted by atomic mass is 10.0. The molecule has 0 atom stereocenters. The normalized spacial score (nSPS) is 18.4. The van der Waals surface area contributed by atoms with Gasteiger partial charge in [-0.25, -0.2) is 16.8 Å². The van der Waals surface area contributed by atoms with Crippen molar-refractivity contribution in [2.24, 2.45) is 0 Å². The minimum Gasteiger partial charge on any atom is -0.301 e. The fraction of sp³-hybridized carbons (Fsp3) is 0.625. The quantitative estimate of drug-likeness (QED) is 0.782. The number of hydrogen-bond donors (Lipinski definition) is 0. The van der Waals surface area contributed by atoms with E-state index in [-0.39, 0.29) is 15.8 Å². The third-order valence-electron chi connectivity index (χ3n) is 4.65. The van der Waals surface area contributed by atoms with Gasteiger partial charge in [0.1, 0.15) is 0 Å². The molecule has 0 saturated carbocycles. The Hall–Kier alpha value is -0.960. The second-order valence-corrected chi connectivity index (χ2v) is 10.6. The number of piperidine rings is 1. The van der Waals surface area contributed by atoms with Crippen molar-refractivity contribution in [3.63, 3.8) is 0 Å². The van der Waals surface area contributed by atoms with Gasteiger partial charge in [-0.05, 0) is 58.0 Å². The Bertz CT molecular complexity index is 780. The molecule has 0 unspecified atom stereocenters. The summed E-state index contributed by atoms with van der Waals surface area (Å²) in [5.41, 5.74) is 0. The van der Waals surface area contributed by atoms with Crippen LogP contribution in [0.15, 0.2) is 34.1 Å². The number of sulfone groups is 1. The summed E-state index contributed by atoms with van der Waals surface area (Å²) in [6, 6.07) is 5.97. The molecule has 0 radical (unpaired) electrons. The van der Waals surface area contributed by atoms with Gasteiger partial charge in [-0.2, -0.15) is 4.31 Å². The molecule has 1 saturated heterocycles. The van der Waals surface area contributed by atoms with Gasteiger partial charge >= 0.3 is 0 Å². The first kappa shape index (κ1) is 19.4. The molecule has 1 fully saturated rings.